The van der Waals surface area contributed by atoms with Gasteiger partial charge >= 0.3 is 6.03 Å². The summed E-state index contributed by atoms with van der Waals surface area (Å²) in [7, 11) is 5.94. The SMILES string of the molecule is CN1CCN(C(=O)N2CCCC(Oc3ccc(N(C)C)nn3)C2)CC1. The number of nitrogens with zero attached hydrogens (tertiary/aromatic N) is 6. The number of likely N-dealkylation sites (N-methyl/N-ethyl adjacent to an activating group) is 1. The molecule has 0 saturated carbocycles. The Bertz CT molecular complexity index is 571. The lowest BCUT2D eigenvalue weighted by Gasteiger charge is -2.39. The number of anilines is 1. The first-order chi connectivity index (χ1) is 12.0. The van der Waals surface area contributed by atoms with Crippen LogP contribution in [0, 0.1) is 0 Å². The summed E-state index contributed by atoms with van der Waals surface area (Å²) in [6, 6.07) is 3.86. The molecule has 0 N–H and O–H groups in total. The van der Waals surface area contributed by atoms with Crippen molar-refractivity contribution >= 4 is 11.8 Å². The van der Waals surface area contributed by atoms with Gasteiger partial charge in [0.15, 0.2) is 5.82 Å². The van der Waals surface area contributed by atoms with E-state index in [1.54, 1.807) is 0 Å². The quantitative estimate of drug-likeness (QED) is 0.803. The van der Waals surface area contributed by atoms with E-state index in [1.165, 1.54) is 0 Å². The van der Waals surface area contributed by atoms with Gasteiger partial charge in [-0.05, 0) is 26.0 Å². The molecule has 0 spiro atoms. The molecule has 2 fully saturated rings. The highest BCUT2D eigenvalue weighted by Crippen LogP contribution is 2.19. The average molecular weight is 348 g/mol. The second-order valence-corrected chi connectivity index (χ2v) is 7.03. The third-order valence-electron chi connectivity index (χ3n) is 4.79. The fourth-order valence-electron chi connectivity index (χ4n) is 3.19. The van der Waals surface area contributed by atoms with Crippen LogP contribution in [0.1, 0.15) is 12.8 Å². The lowest BCUT2D eigenvalue weighted by Crippen LogP contribution is -2.54. The summed E-state index contributed by atoms with van der Waals surface area (Å²) >= 11 is 0. The van der Waals surface area contributed by atoms with Crippen LogP contribution in [0.25, 0.3) is 0 Å². The first kappa shape index (κ1) is 17.7. The summed E-state index contributed by atoms with van der Waals surface area (Å²) in [5.41, 5.74) is 0. The molecule has 3 rings (SSSR count). The zero-order valence-electron chi connectivity index (χ0n) is 15.4. The third kappa shape index (κ3) is 4.50. The van der Waals surface area contributed by atoms with E-state index in [0.29, 0.717) is 12.4 Å². The number of aromatic nitrogens is 2. The van der Waals surface area contributed by atoms with Gasteiger partial charge in [-0.2, -0.15) is 0 Å². The molecule has 1 aromatic rings. The average Bonchev–Trinajstić information content (AvgIpc) is 2.62. The molecule has 2 amide bonds. The smallest absolute Gasteiger partial charge is 0.320 e. The summed E-state index contributed by atoms with van der Waals surface area (Å²) in [5.74, 6) is 1.31. The highest BCUT2D eigenvalue weighted by atomic mass is 16.5. The molecule has 2 saturated heterocycles. The van der Waals surface area contributed by atoms with E-state index >= 15 is 0 Å². The summed E-state index contributed by atoms with van der Waals surface area (Å²) < 4.78 is 5.96. The van der Waals surface area contributed by atoms with Gasteiger partial charge in [0.2, 0.25) is 5.88 Å². The standard InChI is InChI=1S/C17H28N6O2/c1-20(2)15-6-7-16(19-18-15)25-14-5-4-8-23(13-14)17(24)22-11-9-21(3)10-12-22/h6-7,14H,4-5,8-13H2,1-3H3. The van der Waals surface area contributed by atoms with Crippen LogP contribution in [0.4, 0.5) is 10.6 Å². The van der Waals surface area contributed by atoms with Crippen molar-refractivity contribution in [3.8, 4) is 5.88 Å². The molecule has 25 heavy (non-hydrogen) atoms. The molecule has 0 bridgehead atoms. The molecule has 0 aliphatic carbocycles. The van der Waals surface area contributed by atoms with E-state index in [-0.39, 0.29) is 12.1 Å². The number of hydrogen-bond acceptors (Lipinski definition) is 6. The van der Waals surface area contributed by atoms with E-state index in [2.05, 4.69) is 22.1 Å². The lowest BCUT2D eigenvalue weighted by molar-refractivity contribution is 0.0727. The summed E-state index contributed by atoms with van der Waals surface area (Å²) in [6.45, 7) is 4.89. The second kappa shape index (κ2) is 7.86. The van der Waals surface area contributed by atoms with Crippen molar-refractivity contribution in [2.45, 2.75) is 18.9 Å². The largest absolute Gasteiger partial charge is 0.471 e. The van der Waals surface area contributed by atoms with Crippen molar-refractivity contribution < 1.29 is 9.53 Å². The minimum atomic E-state index is -0.0235. The number of likely N-dealkylation sites (tertiary alicyclic amines) is 1. The molecule has 0 radical (unpaired) electrons. The third-order valence-corrected chi connectivity index (χ3v) is 4.79. The number of ether oxygens (including phenoxy) is 1. The first-order valence-electron chi connectivity index (χ1n) is 8.93. The maximum Gasteiger partial charge on any atom is 0.320 e. The molecule has 2 aliphatic heterocycles. The van der Waals surface area contributed by atoms with Crippen LogP contribution in [0.5, 0.6) is 5.88 Å². The molecule has 1 aromatic heterocycles. The second-order valence-electron chi connectivity index (χ2n) is 7.03. The predicted octanol–water partition coefficient (Wildman–Crippen LogP) is 0.753. The Balaban J connectivity index is 1.54. The summed E-state index contributed by atoms with van der Waals surface area (Å²) in [6.07, 6.45) is 1.86. The van der Waals surface area contributed by atoms with Crippen LogP contribution in [0.3, 0.4) is 0 Å². The van der Waals surface area contributed by atoms with Crippen LogP contribution in [0.2, 0.25) is 0 Å². The molecule has 1 atom stereocenters. The van der Waals surface area contributed by atoms with Crippen molar-refractivity contribution in [2.75, 3.05) is 65.3 Å². The summed E-state index contributed by atoms with van der Waals surface area (Å²) in [5, 5.41) is 8.26. The molecule has 138 valence electrons. The number of urea groups is 1. The molecule has 1 unspecified atom stereocenters. The number of carbonyl (C=O) groups excluding carboxylic acids is 1. The molecule has 8 nitrogen and oxygen atoms in total. The van der Waals surface area contributed by atoms with E-state index in [9.17, 15) is 4.79 Å². The fraction of sp³-hybridized carbons (Fsp3) is 0.706. The van der Waals surface area contributed by atoms with E-state index in [1.807, 2.05) is 40.9 Å². The van der Waals surface area contributed by atoms with Gasteiger partial charge in [-0.15, -0.1) is 10.2 Å². The van der Waals surface area contributed by atoms with E-state index in [0.717, 1.165) is 51.4 Å². The van der Waals surface area contributed by atoms with Crippen LogP contribution in [0.15, 0.2) is 12.1 Å². The molecular formula is C17H28N6O2. The Morgan fingerprint density at radius 3 is 2.52 bits per heavy atom. The van der Waals surface area contributed by atoms with Crippen molar-refractivity contribution in [1.82, 2.24) is 24.9 Å². The number of piperidine rings is 1. The van der Waals surface area contributed by atoms with Gasteiger partial charge in [0.05, 0.1) is 6.54 Å². The van der Waals surface area contributed by atoms with Gasteiger partial charge < -0.3 is 24.3 Å². The maximum atomic E-state index is 12.7. The topological polar surface area (TPSA) is 65.0 Å². The zero-order chi connectivity index (χ0) is 17.8. The normalized spacial score (nSPS) is 22.0. The number of hydrogen-bond donors (Lipinski definition) is 0. The number of piperazine rings is 1. The lowest BCUT2D eigenvalue weighted by atomic mass is 10.1. The van der Waals surface area contributed by atoms with Crippen molar-refractivity contribution in [2.24, 2.45) is 0 Å². The van der Waals surface area contributed by atoms with Crippen molar-refractivity contribution in [3.05, 3.63) is 12.1 Å². The Hall–Kier alpha value is -2.09. The molecule has 0 aromatic carbocycles. The Labute approximate surface area is 149 Å². The fourth-order valence-corrected chi connectivity index (χ4v) is 3.19. The predicted molar refractivity (Wildman–Crippen MR) is 96.0 cm³/mol. The van der Waals surface area contributed by atoms with Gasteiger partial charge in [-0.1, -0.05) is 0 Å². The maximum absolute atomic E-state index is 12.7. The van der Waals surface area contributed by atoms with Gasteiger partial charge in [-0.3, -0.25) is 0 Å². The van der Waals surface area contributed by atoms with Crippen LogP contribution in [-0.2, 0) is 0 Å². The van der Waals surface area contributed by atoms with Gasteiger partial charge in [-0.25, -0.2) is 4.79 Å². The zero-order valence-corrected chi connectivity index (χ0v) is 15.4. The highest BCUT2D eigenvalue weighted by Gasteiger charge is 2.29. The number of rotatable bonds is 3. The van der Waals surface area contributed by atoms with Gasteiger partial charge in [0.25, 0.3) is 0 Å². The Morgan fingerprint density at radius 1 is 1.12 bits per heavy atom. The highest BCUT2D eigenvalue weighted by molar-refractivity contribution is 5.74. The Morgan fingerprint density at radius 2 is 1.88 bits per heavy atom. The molecule has 3 heterocycles. The number of amides is 2. The molecular weight excluding hydrogens is 320 g/mol. The molecule has 2 aliphatic rings. The first-order valence-corrected chi connectivity index (χ1v) is 8.93. The van der Waals surface area contributed by atoms with Crippen LogP contribution >= 0.6 is 0 Å². The minimum Gasteiger partial charge on any atom is -0.471 e. The van der Waals surface area contributed by atoms with E-state index < -0.39 is 0 Å². The number of carbonyl (C=O) groups is 1. The van der Waals surface area contributed by atoms with Crippen LogP contribution < -0.4 is 9.64 Å². The van der Waals surface area contributed by atoms with Crippen LogP contribution in [-0.4, -0.2) is 97.4 Å². The Kier molecular flexibility index (Phi) is 5.57. The van der Waals surface area contributed by atoms with Crippen molar-refractivity contribution in [1.29, 1.82) is 0 Å². The molecule has 8 heteroatoms. The minimum absolute atomic E-state index is 0.0235. The van der Waals surface area contributed by atoms with Gasteiger partial charge in [0.1, 0.15) is 6.10 Å². The van der Waals surface area contributed by atoms with E-state index in [4.69, 9.17) is 4.74 Å². The van der Waals surface area contributed by atoms with Crippen molar-refractivity contribution in [3.63, 3.8) is 0 Å². The monoisotopic (exact) mass is 348 g/mol. The summed E-state index contributed by atoms with van der Waals surface area (Å²) in [4.78, 5) is 20.7. The van der Waals surface area contributed by atoms with Gasteiger partial charge in [0, 0.05) is 52.9 Å².